The van der Waals surface area contributed by atoms with Crippen molar-refractivity contribution in [3.63, 3.8) is 0 Å². The highest BCUT2D eigenvalue weighted by atomic mass is 35.5. The summed E-state index contributed by atoms with van der Waals surface area (Å²) in [5.41, 5.74) is 0.457. The van der Waals surface area contributed by atoms with Crippen molar-refractivity contribution in [2.24, 2.45) is 23.7 Å². The van der Waals surface area contributed by atoms with Gasteiger partial charge in [0.2, 0.25) is 11.8 Å². The number of allylic oxidation sites excluding steroid dienone is 2. The van der Waals surface area contributed by atoms with E-state index >= 15 is 0 Å². The first-order valence-corrected chi connectivity index (χ1v) is 7.89. The maximum atomic E-state index is 12.9. The van der Waals surface area contributed by atoms with Crippen molar-refractivity contribution in [2.45, 2.75) is 12.8 Å². The number of carbonyl (C=O) groups excluding carboxylic acids is 2. The molecule has 1 aromatic carbocycles. The summed E-state index contributed by atoms with van der Waals surface area (Å²) in [7, 11) is 1.52. The van der Waals surface area contributed by atoms with E-state index in [1.165, 1.54) is 12.0 Å². The van der Waals surface area contributed by atoms with Gasteiger partial charge in [0, 0.05) is 5.02 Å². The Kier molecular flexibility index (Phi) is 3.05. The van der Waals surface area contributed by atoms with Gasteiger partial charge in [0.15, 0.2) is 0 Å². The summed E-state index contributed by atoms with van der Waals surface area (Å²) in [6, 6.07) is 5.00. The lowest BCUT2D eigenvalue weighted by molar-refractivity contribution is -0.124. The second-order valence-corrected chi connectivity index (χ2v) is 6.61. The molecule has 4 atom stereocenters. The molecule has 1 aromatic rings. The summed E-state index contributed by atoms with van der Waals surface area (Å²) in [6.45, 7) is 0. The van der Waals surface area contributed by atoms with Crippen molar-refractivity contribution >= 4 is 29.1 Å². The van der Waals surface area contributed by atoms with E-state index in [4.69, 9.17) is 16.3 Å². The number of hydrogen-bond acceptors (Lipinski definition) is 3. The van der Waals surface area contributed by atoms with E-state index in [-0.39, 0.29) is 35.5 Å². The van der Waals surface area contributed by atoms with Gasteiger partial charge in [-0.05, 0) is 42.9 Å². The standard InChI is InChI=1S/C17H16ClNO3/c1-22-13-7-6-11(18)8-12(13)19-16(20)14-9-2-3-10(5-4-9)15(14)17(19)21/h2-3,6-10,14-15H,4-5H2,1H3/t9-,10-,14-,15+/m0/s1. The van der Waals surface area contributed by atoms with Gasteiger partial charge in [-0.1, -0.05) is 23.8 Å². The van der Waals surface area contributed by atoms with Gasteiger partial charge < -0.3 is 4.74 Å². The lowest BCUT2D eigenvalue weighted by Crippen LogP contribution is -2.38. The van der Waals surface area contributed by atoms with Crippen molar-refractivity contribution in [3.05, 3.63) is 35.4 Å². The number of nitrogens with zero attached hydrogens (tertiary/aromatic N) is 1. The Morgan fingerprint density at radius 1 is 1.09 bits per heavy atom. The van der Waals surface area contributed by atoms with Crippen LogP contribution in [0.25, 0.3) is 0 Å². The third-order valence-electron chi connectivity index (χ3n) is 5.14. The summed E-state index contributed by atoms with van der Waals surface area (Å²) in [6.07, 6.45) is 6.20. The molecule has 3 aliphatic carbocycles. The minimum Gasteiger partial charge on any atom is -0.495 e. The van der Waals surface area contributed by atoms with E-state index in [0.717, 1.165) is 12.8 Å². The number of benzene rings is 1. The van der Waals surface area contributed by atoms with Crippen LogP contribution in [0.3, 0.4) is 0 Å². The Morgan fingerprint density at radius 3 is 2.18 bits per heavy atom. The average Bonchev–Trinajstić information content (AvgIpc) is 2.82. The SMILES string of the molecule is COc1ccc(Cl)cc1N1C(=O)[C@@H]2[C@H](C1=O)[C@H]1C=C[C@H]2CC1. The van der Waals surface area contributed by atoms with Crippen LogP contribution in [0.2, 0.25) is 5.02 Å². The molecule has 1 saturated carbocycles. The van der Waals surface area contributed by atoms with Crippen molar-refractivity contribution in [1.82, 2.24) is 0 Å². The first-order valence-electron chi connectivity index (χ1n) is 7.51. The maximum absolute atomic E-state index is 12.9. The molecule has 4 nitrogen and oxygen atoms in total. The number of amides is 2. The molecule has 2 amide bonds. The minimum absolute atomic E-state index is 0.116. The third-order valence-corrected chi connectivity index (χ3v) is 5.38. The second-order valence-electron chi connectivity index (χ2n) is 6.17. The predicted molar refractivity (Wildman–Crippen MR) is 82.8 cm³/mol. The van der Waals surface area contributed by atoms with Crippen LogP contribution in [0.4, 0.5) is 5.69 Å². The van der Waals surface area contributed by atoms with Crippen molar-refractivity contribution in [1.29, 1.82) is 0 Å². The largest absolute Gasteiger partial charge is 0.495 e. The van der Waals surface area contributed by atoms with Crippen molar-refractivity contribution in [3.8, 4) is 5.75 Å². The molecule has 0 aromatic heterocycles. The van der Waals surface area contributed by atoms with Crippen LogP contribution < -0.4 is 9.64 Å². The highest BCUT2D eigenvalue weighted by Gasteiger charge is 2.57. The number of halogens is 1. The van der Waals surface area contributed by atoms with Gasteiger partial charge in [-0.25, -0.2) is 4.90 Å². The van der Waals surface area contributed by atoms with Gasteiger partial charge in [-0.2, -0.15) is 0 Å². The fraction of sp³-hybridized carbons (Fsp3) is 0.412. The van der Waals surface area contributed by atoms with Crippen LogP contribution in [-0.2, 0) is 9.59 Å². The fourth-order valence-electron chi connectivity index (χ4n) is 4.15. The molecule has 114 valence electrons. The number of imide groups is 1. The van der Waals surface area contributed by atoms with Crippen LogP contribution in [0.1, 0.15) is 12.8 Å². The topological polar surface area (TPSA) is 46.6 Å². The molecule has 0 radical (unpaired) electrons. The molecule has 1 aliphatic heterocycles. The van der Waals surface area contributed by atoms with Gasteiger partial charge in [0.1, 0.15) is 5.75 Å². The monoisotopic (exact) mass is 317 g/mol. The normalized spacial score (nSPS) is 32.5. The molecule has 1 saturated heterocycles. The fourth-order valence-corrected chi connectivity index (χ4v) is 4.32. The van der Waals surface area contributed by atoms with Crippen LogP contribution in [0, 0.1) is 23.7 Å². The number of carbonyl (C=O) groups is 2. The molecule has 0 N–H and O–H groups in total. The number of hydrogen-bond donors (Lipinski definition) is 0. The van der Waals surface area contributed by atoms with Gasteiger partial charge in [-0.15, -0.1) is 0 Å². The van der Waals surface area contributed by atoms with Gasteiger partial charge >= 0.3 is 0 Å². The summed E-state index contributed by atoms with van der Waals surface area (Å²) >= 11 is 6.05. The summed E-state index contributed by atoms with van der Waals surface area (Å²) < 4.78 is 5.31. The Balaban J connectivity index is 1.80. The van der Waals surface area contributed by atoms with Gasteiger partial charge in [-0.3, -0.25) is 9.59 Å². The number of fused-ring (bicyclic) bond motifs is 1. The molecular weight excluding hydrogens is 302 g/mol. The van der Waals surface area contributed by atoms with Crippen LogP contribution in [0.5, 0.6) is 5.75 Å². The van der Waals surface area contributed by atoms with Crippen LogP contribution in [-0.4, -0.2) is 18.9 Å². The Morgan fingerprint density at radius 2 is 1.68 bits per heavy atom. The zero-order valence-corrected chi connectivity index (χ0v) is 12.9. The first-order chi connectivity index (χ1) is 10.6. The summed E-state index contributed by atoms with van der Waals surface area (Å²) in [4.78, 5) is 27.1. The quantitative estimate of drug-likeness (QED) is 0.622. The Bertz CT molecular complexity index is 667. The first kappa shape index (κ1) is 13.8. The zero-order valence-electron chi connectivity index (χ0n) is 12.2. The third kappa shape index (κ3) is 1.76. The summed E-state index contributed by atoms with van der Waals surface area (Å²) in [5, 5.41) is 0.479. The van der Waals surface area contributed by atoms with Crippen LogP contribution >= 0.6 is 11.6 Å². The second kappa shape index (κ2) is 4.85. The average molecular weight is 318 g/mol. The van der Waals surface area contributed by atoms with E-state index in [1.54, 1.807) is 18.2 Å². The molecule has 5 rings (SSSR count). The molecule has 0 unspecified atom stereocenters. The smallest absolute Gasteiger partial charge is 0.238 e. The van der Waals surface area contributed by atoms with E-state index < -0.39 is 0 Å². The highest BCUT2D eigenvalue weighted by Crippen LogP contribution is 2.51. The lowest BCUT2D eigenvalue weighted by Gasteiger charge is -2.38. The predicted octanol–water partition coefficient (Wildman–Crippen LogP) is 3.05. The van der Waals surface area contributed by atoms with Crippen molar-refractivity contribution in [2.75, 3.05) is 12.0 Å². The Hall–Kier alpha value is -1.81. The molecule has 2 fully saturated rings. The molecular formula is C17H16ClNO3. The van der Waals surface area contributed by atoms with Gasteiger partial charge in [0.05, 0.1) is 24.6 Å². The number of anilines is 1. The lowest BCUT2D eigenvalue weighted by atomic mass is 9.63. The van der Waals surface area contributed by atoms with E-state index in [2.05, 4.69) is 12.2 Å². The number of methoxy groups -OCH3 is 1. The molecule has 5 heteroatoms. The van der Waals surface area contributed by atoms with Crippen molar-refractivity contribution < 1.29 is 14.3 Å². The Labute approximate surface area is 133 Å². The van der Waals surface area contributed by atoms with E-state index in [9.17, 15) is 9.59 Å². The highest BCUT2D eigenvalue weighted by molar-refractivity contribution is 6.31. The number of rotatable bonds is 2. The summed E-state index contributed by atoms with van der Waals surface area (Å²) in [5.74, 6) is 0.178. The van der Waals surface area contributed by atoms with Crippen LogP contribution in [0.15, 0.2) is 30.4 Å². The minimum atomic E-state index is -0.222. The maximum Gasteiger partial charge on any atom is 0.238 e. The van der Waals surface area contributed by atoms with E-state index in [1.807, 2.05) is 0 Å². The molecule has 1 heterocycles. The molecule has 22 heavy (non-hydrogen) atoms. The van der Waals surface area contributed by atoms with E-state index in [0.29, 0.717) is 16.5 Å². The molecule has 2 bridgehead atoms. The zero-order chi connectivity index (χ0) is 15.4. The molecule has 4 aliphatic rings. The molecule has 0 spiro atoms. The number of ether oxygens (including phenoxy) is 1. The van der Waals surface area contributed by atoms with Gasteiger partial charge in [0.25, 0.3) is 0 Å².